The summed E-state index contributed by atoms with van der Waals surface area (Å²) in [6, 6.07) is 16.8. The molecule has 0 unspecified atom stereocenters. The molecule has 148 valence electrons. The van der Waals surface area contributed by atoms with Crippen LogP contribution in [0, 0.1) is 0 Å². The fourth-order valence-electron chi connectivity index (χ4n) is 3.19. The molecule has 2 aromatic heterocycles. The maximum atomic E-state index is 12.6. The van der Waals surface area contributed by atoms with Crippen LogP contribution in [0.2, 0.25) is 5.02 Å². The first-order valence-corrected chi connectivity index (χ1v) is 10.4. The molecule has 0 aliphatic carbocycles. The summed E-state index contributed by atoms with van der Waals surface area (Å²) in [6.45, 7) is 0.544. The summed E-state index contributed by atoms with van der Waals surface area (Å²) >= 11 is 7.66. The van der Waals surface area contributed by atoms with Crippen molar-refractivity contribution in [2.75, 3.05) is 10.2 Å². The molecular formula is C22H15ClN4O2S. The molecule has 0 spiro atoms. The van der Waals surface area contributed by atoms with E-state index in [2.05, 4.69) is 15.3 Å². The van der Waals surface area contributed by atoms with E-state index in [1.165, 1.54) is 11.3 Å². The van der Waals surface area contributed by atoms with Gasteiger partial charge in [-0.3, -0.25) is 9.78 Å². The van der Waals surface area contributed by atoms with Gasteiger partial charge in [0.1, 0.15) is 11.4 Å². The third-order valence-electron chi connectivity index (χ3n) is 4.63. The van der Waals surface area contributed by atoms with E-state index < -0.39 is 0 Å². The van der Waals surface area contributed by atoms with Crippen molar-refractivity contribution in [3.8, 4) is 11.5 Å². The molecule has 0 bridgehead atoms. The number of hydrogen-bond acceptors (Lipinski definition) is 6. The lowest BCUT2D eigenvalue weighted by Crippen LogP contribution is -2.17. The van der Waals surface area contributed by atoms with E-state index >= 15 is 0 Å². The lowest BCUT2D eigenvalue weighted by Gasteiger charge is -2.21. The lowest BCUT2D eigenvalue weighted by molar-refractivity contribution is 0.102. The minimum Gasteiger partial charge on any atom is -0.455 e. The monoisotopic (exact) mass is 434 g/mol. The van der Waals surface area contributed by atoms with Crippen molar-refractivity contribution < 1.29 is 9.53 Å². The molecule has 1 aliphatic rings. The maximum Gasteiger partial charge on any atom is 0.275 e. The van der Waals surface area contributed by atoms with Crippen molar-refractivity contribution in [1.29, 1.82) is 0 Å². The topological polar surface area (TPSA) is 67.4 Å². The van der Waals surface area contributed by atoms with Gasteiger partial charge < -0.3 is 15.0 Å². The minimum absolute atomic E-state index is 0.276. The predicted molar refractivity (Wildman–Crippen MR) is 118 cm³/mol. The van der Waals surface area contributed by atoms with Gasteiger partial charge in [0.05, 0.1) is 12.2 Å². The summed E-state index contributed by atoms with van der Waals surface area (Å²) in [7, 11) is 0. The van der Waals surface area contributed by atoms with Crippen molar-refractivity contribution in [2.24, 2.45) is 0 Å². The van der Waals surface area contributed by atoms with Crippen molar-refractivity contribution in [1.82, 2.24) is 9.97 Å². The Bertz CT molecular complexity index is 1230. The number of nitrogens with zero attached hydrogens (tertiary/aromatic N) is 3. The summed E-state index contributed by atoms with van der Waals surface area (Å²) in [4.78, 5) is 23.2. The zero-order chi connectivity index (χ0) is 20.5. The van der Waals surface area contributed by atoms with Gasteiger partial charge in [0.25, 0.3) is 5.91 Å². The van der Waals surface area contributed by atoms with Gasteiger partial charge in [-0.25, -0.2) is 4.98 Å². The molecule has 30 heavy (non-hydrogen) atoms. The van der Waals surface area contributed by atoms with Crippen LogP contribution in [0.15, 0.2) is 72.4 Å². The van der Waals surface area contributed by atoms with Crippen LogP contribution in [0.25, 0.3) is 0 Å². The first-order chi connectivity index (χ1) is 14.7. The average molecular weight is 435 g/mol. The molecule has 1 N–H and O–H groups in total. The molecule has 8 heteroatoms. The second kappa shape index (κ2) is 7.78. The van der Waals surface area contributed by atoms with Crippen molar-refractivity contribution >= 4 is 45.4 Å². The number of pyridine rings is 1. The Balaban J connectivity index is 1.50. The van der Waals surface area contributed by atoms with Gasteiger partial charge in [-0.15, -0.1) is 11.3 Å². The number of halogens is 1. The number of fused-ring (bicyclic) bond motifs is 2. The number of nitrogens with one attached hydrogen (secondary N) is 1. The summed E-state index contributed by atoms with van der Waals surface area (Å²) in [5.74, 6) is 1.19. The molecule has 0 fully saturated rings. The summed E-state index contributed by atoms with van der Waals surface area (Å²) in [6.07, 6.45) is 3.24. The number of aromatic nitrogens is 2. The highest BCUT2D eigenvalue weighted by Gasteiger charge is 2.25. The number of benzene rings is 2. The fraction of sp³-hybridized carbons (Fsp3) is 0.0455. The van der Waals surface area contributed by atoms with E-state index in [-0.39, 0.29) is 5.91 Å². The Hall–Kier alpha value is -3.42. The number of thiazole rings is 1. The molecule has 1 amide bonds. The van der Waals surface area contributed by atoms with Gasteiger partial charge in [0.2, 0.25) is 0 Å². The number of hydrogen-bond donors (Lipinski definition) is 1. The zero-order valence-corrected chi connectivity index (χ0v) is 17.2. The number of amides is 1. The first kappa shape index (κ1) is 18.6. The van der Waals surface area contributed by atoms with E-state index in [4.69, 9.17) is 16.3 Å². The molecule has 0 radical (unpaired) electrons. The molecule has 0 saturated heterocycles. The van der Waals surface area contributed by atoms with Crippen LogP contribution in [-0.4, -0.2) is 15.9 Å². The Morgan fingerprint density at radius 2 is 1.93 bits per heavy atom. The third kappa shape index (κ3) is 3.60. The smallest absolute Gasteiger partial charge is 0.275 e. The van der Waals surface area contributed by atoms with Crippen LogP contribution in [0.5, 0.6) is 11.5 Å². The molecule has 6 nitrogen and oxygen atoms in total. The molecule has 0 atom stereocenters. The summed E-state index contributed by atoms with van der Waals surface area (Å²) in [5, 5.41) is 5.85. The van der Waals surface area contributed by atoms with Crippen LogP contribution in [0.1, 0.15) is 16.1 Å². The van der Waals surface area contributed by atoms with Crippen LogP contribution in [0.4, 0.5) is 16.5 Å². The number of para-hydroxylation sites is 1. The summed E-state index contributed by atoms with van der Waals surface area (Å²) < 4.78 is 6.13. The number of carbonyl (C=O) groups excluding carboxylic acids is 1. The lowest BCUT2D eigenvalue weighted by atomic mass is 10.2. The van der Waals surface area contributed by atoms with E-state index in [0.717, 1.165) is 17.0 Å². The minimum atomic E-state index is -0.276. The second-order valence-electron chi connectivity index (χ2n) is 6.61. The van der Waals surface area contributed by atoms with E-state index in [1.807, 2.05) is 41.3 Å². The Morgan fingerprint density at radius 3 is 2.80 bits per heavy atom. The Kier molecular flexibility index (Phi) is 4.82. The van der Waals surface area contributed by atoms with Gasteiger partial charge in [-0.05, 0) is 36.4 Å². The highest BCUT2D eigenvalue weighted by molar-refractivity contribution is 7.14. The molecule has 1 aliphatic heterocycles. The van der Waals surface area contributed by atoms with Crippen molar-refractivity contribution in [3.63, 3.8) is 0 Å². The Labute approximate surface area is 181 Å². The largest absolute Gasteiger partial charge is 0.455 e. The van der Waals surface area contributed by atoms with Gasteiger partial charge in [-0.1, -0.05) is 29.8 Å². The molecule has 5 rings (SSSR count). The van der Waals surface area contributed by atoms with Gasteiger partial charge in [0, 0.05) is 34.0 Å². The van der Waals surface area contributed by atoms with E-state index in [1.54, 1.807) is 36.0 Å². The van der Waals surface area contributed by atoms with Gasteiger partial charge in [0.15, 0.2) is 10.9 Å². The average Bonchev–Trinajstić information content (AvgIpc) is 3.19. The van der Waals surface area contributed by atoms with Crippen molar-refractivity contribution in [3.05, 3.63) is 88.7 Å². The van der Waals surface area contributed by atoms with E-state index in [0.29, 0.717) is 33.8 Å². The highest BCUT2D eigenvalue weighted by atomic mass is 35.5. The van der Waals surface area contributed by atoms with Gasteiger partial charge in [-0.2, -0.15) is 0 Å². The standard InChI is InChI=1S/C22H15ClN4O2S/c23-15-5-6-20-18(11-15)27(12-14-3-1-2-4-19(14)29-20)22-26-17(13-30-22)21(28)25-16-7-9-24-10-8-16/h1-11,13H,12H2,(H,24,25,28). The van der Waals surface area contributed by atoms with Crippen LogP contribution in [-0.2, 0) is 6.54 Å². The fourth-order valence-corrected chi connectivity index (χ4v) is 4.17. The third-order valence-corrected chi connectivity index (χ3v) is 5.73. The van der Waals surface area contributed by atoms with Crippen LogP contribution < -0.4 is 15.0 Å². The van der Waals surface area contributed by atoms with Crippen LogP contribution in [0.3, 0.4) is 0 Å². The Morgan fingerprint density at radius 1 is 1.10 bits per heavy atom. The highest BCUT2D eigenvalue weighted by Crippen LogP contribution is 2.44. The molecule has 0 saturated carbocycles. The quantitative estimate of drug-likeness (QED) is 0.435. The predicted octanol–water partition coefficient (Wildman–Crippen LogP) is 5.89. The number of anilines is 3. The summed E-state index contributed by atoms with van der Waals surface area (Å²) in [5.41, 5.74) is 2.82. The zero-order valence-electron chi connectivity index (χ0n) is 15.6. The maximum absolute atomic E-state index is 12.6. The van der Waals surface area contributed by atoms with E-state index in [9.17, 15) is 4.79 Å². The molecule has 3 heterocycles. The molecule has 2 aromatic carbocycles. The SMILES string of the molecule is O=C(Nc1ccncc1)c1csc(N2Cc3ccccc3Oc3ccc(Cl)cc32)n1. The first-order valence-electron chi connectivity index (χ1n) is 9.17. The van der Waals surface area contributed by atoms with Gasteiger partial charge >= 0.3 is 0 Å². The van der Waals surface area contributed by atoms with Crippen LogP contribution >= 0.6 is 22.9 Å². The second-order valence-corrected chi connectivity index (χ2v) is 7.89. The number of rotatable bonds is 3. The normalized spacial score (nSPS) is 12.4. The number of carbonyl (C=O) groups is 1. The molecule has 4 aromatic rings. The number of ether oxygens (including phenoxy) is 1. The van der Waals surface area contributed by atoms with Crippen molar-refractivity contribution in [2.45, 2.75) is 6.54 Å². The molecular weight excluding hydrogens is 420 g/mol.